The number of hydrogen-bond acceptors (Lipinski definition) is 4. The number of hydrogen-bond donors (Lipinski definition) is 2. The maximum Gasteiger partial charge on any atom is 0.257 e. The summed E-state index contributed by atoms with van der Waals surface area (Å²) in [7, 11) is -3.83. The van der Waals surface area contributed by atoms with Gasteiger partial charge in [-0.1, -0.05) is 62.2 Å². The van der Waals surface area contributed by atoms with E-state index in [1.807, 2.05) is 12.1 Å². The lowest BCUT2D eigenvalue weighted by Crippen LogP contribution is -2.47. The van der Waals surface area contributed by atoms with Gasteiger partial charge < -0.3 is 0 Å². The van der Waals surface area contributed by atoms with Crippen LogP contribution in [0.4, 0.5) is 0 Å². The summed E-state index contributed by atoms with van der Waals surface area (Å²) in [4.78, 5) is 17.1. The molecule has 0 atom stereocenters. The predicted octanol–water partition coefficient (Wildman–Crippen LogP) is 4.51. The maximum atomic E-state index is 12.5. The molecule has 1 aliphatic rings. The average Bonchev–Trinajstić information content (AvgIpc) is 2.75. The van der Waals surface area contributed by atoms with Gasteiger partial charge in [-0.3, -0.25) is 15.1 Å². The second-order valence-electron chi connectivity index (χ2n) is 9.17. The normalized spacial score (nSPS) is 16.2. The number of nitrogens with one attached hydrogen (secondary N) is 2. The van der Waals surface area contributed by atoms with Crippen LogP contribution in [0.1, 0.15) is 44.7 Å². The summed E-state index contributed by atoms with van der Waals surface area (Å²) < 4.78 is 25.1. The first-order valence-electron chi connectivity index (χ1n) is 10.5. The lowest BCUT2D eigenvalue weighted by Gasteiger charge is -2.31. The SMILES string of the molecule is CC(C)(C)c1ccc(S(=O)(=O)NNC(=O)C2CCN(Cc3ccc(Cl)c(Cl)c3)CC2)cc1. The third-order valence-corrected chi connectivity index (χ3v) is 7.69. The lowest BCUT2D eigenvalue weighted by atomic mass is 9.87. The molecular formula is C23H29Cl2N3O3S. The fraction of sp³-hybridized carbons (Fsp3) is 0.435. The Hall–Kier alpha value is -1.64. The molecule has 0 saturated carbocycles. The van der Waals surface area contributed by atoms with E-state index in [0.29, 0.717) is 22.9 Å². The number of hydrazine groups is 1. The minimum Gasteiger partial charge on any atom is -0.299 e. The van der Waals surface area contributed by atoms with E-state index in [2.05, 4.69) is 35.9 Å². The number of halogens is 2. The number of amides is 1. The zero-order valence-electron chi connectivity index (χ0n) is 18.5. The molecule has 2 N–H and O–H groups in total. The molecule has 0 spiro atoms. The molecule has 0 radical (unpaired) electrons. The molecule has 6 nitrogen and oxygen atoms in total. The van der Waals surface area contributed by atoms with Crippen molar-refractivity contribution < 1.29 is 13.2 Å². The number of rotatable bonds is 6. The van der Waals surface area contributed by atoms with Crippen LogP contribution in [-0.2, 0) is 26.8 Å². The molecule has 32 heavy (non-hydrogen) atoms. The molecule has 0 unspecified atom stereocenters. The van der Waals surface area contributed by atoms with Crippen molar-refractivity contribution in [3.05, 3.63) is 63.6 Å². The van der Waals surface area contributed by atoms with Gasteiger partial charge in [-0.2, -0.15) is 0 Å². The van der Waals surface area contributed by atoms with Gasteiger partial charge in [-0.15, -0.1) is 4.83 Å². The molecule has 2 aromatic carbocycles. The second kappa shape index (κ2) is 10.1. The Bertz CT molecular complexity index is 1060. The van der Waals surface area contributed by atoms with Gasteiger partial charge in [-0.25, -0.2) is 8.42 Å². The van der Waals surface area contributed by atoms with Gasteiger partial charge in [0.15, 0.2) is 0 Å². The largest absolute Gasteiger partial charge is 0.299 e. The third-order valence-electron chi connectivity index (χ3n) is 5.69. The van der Waals surface area contributed by atoms with Crippen molar-refractivity contribution in [2.75, 3.05) is 13.1 Å². The van der Waals surface area contributed by atoms with Crippen LogP contribution in [0.15, 0.2) is 47.4 Å². The Morgan fingerprint density at radius 2 is 1.66 bits per heavy atom. The predicted molar refractivity (Wildman–Crippen MR) is 128 cm³/mol. The molecule has 9 heteroatoms. The fourth-order valence-electron chi connectivity index (χ4n) is 3.66. The summed E-state index contributed by atoms with van der Waals surface area (Å²) in [6, 6.07) is 12.3. The maximum absolute atomic E-state index is 12.5. The number of carbonyl (C=O) groups excluding carboxylic acids is 1. The van der Waals surface area contributed by atoms with Crippen LogP contribution < -0.4 is 10.3 Å². The average molecular weight is 498 g/mol. The van der Waals surface area contributed by atoms with Crippen molar-refractivity contribution in [2.24, 2.45) is 5.92 Å². The van der Waals surface area contributed by atoms with Crippen molar-refractivity contribution in [3.63, 3.8) is 0 Å². The van der Waals surface area contributed by atoms with Gasteiger partial charge in [0.1, 0.15) is 0 Å². The summed E-state index contributed by atoms with van der Waals surface area (Å²) in [5.74, 6) is -0.555. The third kappa shape index (κ3) is 6.45. The molecule has 3 rings (SSSR count). The van der Waals surface area contributed by atoms with E-state index < -0.39 is 10.0 Å². The highest BCUT2D eigenvalue weighted by Gasteiger charge is 2.26. The number of benzene rings is 2. The summed E-state index contributed by atoms with van der Waals surface area (Å²) in [5, 5.41) is 1.05. The van der Waals surface area contributed by atoms with E-state index in [1.165, 1.54) is 0 Å². The number of carbonyl (C=O) groups is 1. The van der Waals surface area contributed by atoms with Crippen molar-refractivity contribution in [3.8, 4) is 0 Å². The van der Waals surface area contributed by atoms with Gasteiger partial charge in [0, 0.05) is 12.5 Å². The molecule has 1 heterocycles. The number of likely N-dealkylation sites (tertiary alicyclic amines) is 1. The highest BCUT2D eigenvalue weighted by molar-refractivity contribution is 7.89. The minimum atomic E-state index is -3.83. The summed E-state index contributed by atoms with van der Waals surface area (Å²) in [6.07, 6.45) is 1.30. The van der Waals surface area contributed by atoms with E-state index in [0.717, 1.165) is 30.8 Å². The molecule has 1 fully saturated rings. The first-order valence-corrected chi connectivity index (χ1v) is 12.8. The van der Waals surface area contributed by atoms with E-state index in [1.54, 1.807) is 30.3 Å². The topological polar surface area (TPSA) is 78.5 Å². The second-order valence-corrected chi connectivity index (χ2v) is 11.7. The monoisotopic (exact) mass is 497 g/mol. The Morgan fingerprint density at radius 1 is 1.03 bits per heavy atom. The Kier molecular flexibility index (Phi) is 7.89. The van der Waals surface area contributed by atoms with Crippen LogP contribution in [0.3, 0.4) is 0 Å². The van der Waals surface area contributed by atoms with Crippen molar-refractivity contribution in [2.45, 2.75) is 50.5 Å². The van der Waals surface area contributed by atoms with Crippen molar-refractivity contribution >= 4 is 39.1 Å². The van der Waals surface area contributed by atoms with Crippen LogP contribution >= 0.6 is 23.2 Å². The first kappa shape index (κ1) is 25.0. The van der Waals surface area contributed by atoms with Crippen molar-refractivity contribution in [1.82, 2.24) is 15.2 Å². The molecule has 0 aliphatic carbocycles. The molecule has 0 bridgehead atoms. The van der Waals surface area contributed by atoms with Gasteiger partial charge in [-0.05, 0) is 66.7 Å². The van der Waals surface area contributed by atoms with Gasteiger partial charge in [0.25, 0.3) is 10.0 Å². The fourth-order valence-corrected chi connectivity index (χ4v) is 4.83. The van der Waals surface area contributed by atoms with E-state index in [9.17, 15) is 13.2 Å². The van der Waals surface area contributed by atoms with E-state index >= 15 is 0 Å². The van der Waals surface area contributed by atoms with Gasteiger partial charge >= 0.3 is 0 Å². The quantitative estimate of drug-likeness (QED) is 0.575. The highest BCUT2D eigenvalue weighted by Crippen LogP contribution is 2.25. The molecule has 1 saturated heterocycles. The zero-order valence-corrected chi connectivity index (χ0v) is 20.8. The van der Waals surface area contributed by atoms with E-state index in [4.69, 9.17) is 23.2 Å². The summed E-state index contributed by atoms with van der Waals surface area (Å²) in [6.45, 7) is 8.38. The van der Waals surface area contributed by atoms with Crippen LogP contribution in [0.25, 0.3) is 0 Å². The molecule has 0 aromatic heterocycles. The van der Waals surface area contributed by atoms with Crippen LogP contribution in [0, 0.1) is 5.92 Å². The standard InChI is InChI=1S/C23H29Cl2N3O3S/c1-23(2,3)18-5-7-19(8-6-18)32(30,31)27-26-22(29)17-10-12-28(13-11-17)15-16-4-9-20(24)21(25)14-16/h4-9,14,17,27H,10-13,15H2,1-3H3,(H,26,29). The smallest absolute Gasteiger partial charge is 0.257 e. The molecule has 174 valence electrons. The van der Waals surface area contributed by atoms with Crippen LogP contribution in [0.2, 0.25) is 10.0 Å². The minimum absolute atomic E-state index is 0.0708. The van der Waals surface area contributed by atoms with Crippen LogP contribution in [0.5, 0.6) is 0 Å². The highest BCUT2D eigenvalue weighted by atomic mass is 35.5. The molecule has 1 aliphatic heterocycles. The Labute approximate surface area is 200 Å². The lowest BCUT2D eigenvalue weighted by molar-refractivity contribution is -0.127. The summed E-state index contributed by atoms with van der Waals surface area (Å²) >= 11 is 12.0. The molecule has 2 aromatic rings. The number of piperidine rings is 1. The molecular weight excluding hydrogens is 469 g/mol. The van der Waals surface area contributed by atoms with Crippen molar-refractivity contribution in [1.29, 1.82) is 0 Å². The van der Waals surface area contributed by atoms with Gasteiger partial charge in [0.2, 0.25) is 5.91 Å². The zero-order chi connectivity index (χ0) is 23.5. The van der Waals surface area contributed by atoms with E-state index in [-0.39, 0.29) is 22.1 Å². The Morgan fingerprint density at radius 3 is 2.22 bits per heavy atom. The summed E-state index contributed by atoms with van der Waals surface area (Å²) in [5.41, 5.74) is 4.41. The number of nitrogens with zero attached hydrogens (tertiary/aromatic N) is 1. The van der Waals surface area contributed by atoms with Crippen LogP contribution in [-0.4, -0.2) is 32.3 Å². The molecule has 1 amide bonds. The first-order chi connectivity index (χ1) is 15.0. The Balaban J connectivity index is 1.49. The van der Waals surface area contributed by atoms with Gasteiger partial charge in [0.05, 0.1) is 14.9 Å². The number of sulfonamides is 1.